The lowest BCUT2D eigenvalue weighted by atomic mass is 10.0. The Hall–Kier alpha value is -2.17. The summed E-state index contributed by atoms with van der Waals surface area (Å²) in [5.74, 6) is 1.32. The number of benzene rings is 1. The zero-order valence-electron chi connectivity index (χ0n) is 14.9. The van der Waals surface area contributed by atoms with E-state index in [1.807, 2.05) is 37.4 Å². The Morgan fingerprint density at radius 2 is 1.73 bits per heavy atom. The standard InChI is InChI=1S/C20H20Cl2N4/c1-13(2)12-26(3)18-11-24-19(14-4-6-15(21)7-5-14)20(25-18)16-8-9-23-10-17(16)22/h4-11,13H,12H2,1-3H3. The number of rotatable bonds is 5. The van der Waals surface area contributed by atoms with Crippen molar-refractivity contribution in [3.8, 4) is 22.5 Å². The average molecular weight is 387 g/mol. The van der Waals surface area contributed by atoms with E-state index in [0.29, 0.717) is 16.0 Å². The number of anilines is 1. The highest BCUT2D eigenvalue weighted by Crippen LogP contribution is 2.34. The summed E-state index contributed by atoms with van der Waals surface area (Å²) in [6.45, 7) is 5.23. The highest BCUT2D eigenvalue weighted by molar-refractivity contribution is 6.33. The first-order chi connectivity index (χ1) is 12.5. The second-order valence-electron chi connectivity index (χ2n) is 6.56. The van der Waals surface area contributed by atoms with Crippen LogP contribution in [0.5, 0.6) is 0 Å². The number of pyridine rings is 1. The van der Waals surface area contributed by atoms with Gasteiger partial charge in [0.2, 0.25) is 0 Å². The molecule has 0 atom stereocenters. The van der Waals surface area contributed by atoms with Crippen molar-refractivity contribution in [1.82, 2.24) is 15.0 Å². The molecule has 2 aromatic heterocycles. The van der Waals surface area contributed by atoms with Gasteiger partial charge in [0.25, 0.3) is 0 Å². The Morgan fingerprint density at radius 3 is 2.38 bits per heavy atom. The second kappa shape index (κ2) is 8.02. The van der Waals surface area contributed by atoms with Crippen LogP contribution >= 0.6 is 23.2 Å². The van der Waals surface area contributed by atoms with E-state index in [9.17, 15) is 0 Å². The van der Waals surface area contributed by atoms with Gasteiger partial charge < -0.3 is 4.90 Å². The van der Waals surface area contributed by atoms with Crippen molar-refractivity contribution in [3.05, 3.63) is 59.0 Å². The van der Waals surface area contributed by atoms with E-state index in [4.69, 9.17) is 33.2 Å². The van der Waals surface area contributed by atoms with E-state index in [1.165, 1.54) is 0 Å². The second-order valence-corrected chi connectivity index (χ2v) is 7.41. The van der Waals surface area contributed by atoms with Crippen molar-refractivity contribution >= 4 is 29.0 Å². The summed E-state index contributed by atoms with van der Waals surface area (Å²) < 4.78 is 0. The molecule has 0 fully saturated rings. The fourth-order valence-electron chi connectivity index (χ4n) is 2.78. The first-order valence-corrected chi connectivity index (χ1v) is 9.15. The summed E-state index contributed by atoms with van der Waals surface area (Å²) in [6.07, 6.45) is 5.12. The average Bonchev–Trinajstić information content (AvgIpc) is 2.62. The first kappa shape index (κ1) is 18.6. The number of aromatic nitrogens is 3. The minimum Gasteiger partial charge on any atom is -0.358 e. The molecule has 0 radical (unpaired) electrons. The molecule has 134 valence electrons. The summed E-state index contributed by atoms with van der Waals surface area (Å²) in [4.78, 5) is 15.7. The maximum absolute atomic E-state index is 6.39. The molecule has 3 aromatic rings. The van der Waals surface area contributed by atoms with Crippen LogP contribution in [0.15, 0.2) is 48.9 Å². The molecule has 0 aliphatic rings. The van der Waals surface area contributed by atoms with Gasteiger partial charge >= 0.3 is 0 Å². The topological polar surface area (TPSA) is 41.9 Å². The quantitative estimate of drug-likeness (QED) is 0.571. The molecule has 2 heterocycles. The Kier molecular flexibility index (Phi) is 5.74. The largest absolute Gasteiger partial charge is 0.358 e. The van der Waals surface area contributed by atoms with Gasteiger partial charge in [-0.05, 0) is 24.1 Å². The molecule has 6 heteroatoms. The molecule has 0 N–H and O–H groups in total. The van der Waals surface area contributed by atoms with Crippen LogP contribution in [0.2, 0.25) is 10.0 Å². The van der Waals surface area contributed by atoms with E-state index >= 15 is 0 Å². The monoisotopic (exact) mass is 386 g/mol. The first-order valence-electron chi connectivity index (χ1n) is 8.39. The van der Waals surface area contributed by atoms with E-state index in [-0.39, 0.29) is 0 Å². The Bertz CT molecular complexity index is 895. The van der Waals surface area contributed by atoms with Crippen LogP contribution in [0.25, 0.3) is 22.5 Å². The van der Waals surface area contributed by atoms with Crippen LogP contribution in [-0.4, -0.2) is 28.5 Å². The molecule has 26 heavy (non-hydrogen) atoms. The predicted octanol–water partition coefficient (Wildman–Crippen LogP) is 5.60. The Balaban J connectivity index is 2.15. The maximum atomic E-state index is 6.39. The number of hydrogen-bond acceptors (Lipinski definition) is 4. The summed E-state index contributed by atoms with van der Waals surface area (Å²) in [5, 5.41) is 1.22. The minimum atomic E-state index is 0.519. The van der Waals surface area contributed by atoms with Crippen molar-refractivity contribution in [2.24, 2.45) is 5.92 Å². The lowest BCUT2D eigenvalue weighted by Gasteiger charge is -2.21. The lowest BCUT2D eigenvalue weighted by molar-refractivity contribution is 0.634. The highest BCUT2D eigenvalue weighted by atomic mass is 35.5. The molecular weight excluding hydrogens is 367 g/mol. The third-order valence-corrected chi connectivity index (χ3v) is 4.49. The molecule has 1 aromatic carbocycles. The summed E-state index contributed by atoms with van der Waals surface area (Å²) >= 11 is 12.4. The normalized spacial score (nSPS) is 11.0. The van der Waals surface area contributed by atoms with Crippen LogP contribution in [0.3, 0.4) is 0 Å². The number of hydrogen-bond donors (Lipinski definition) is 0. The highest BCUT2D eigenvalue weighted by Gasteiger charge is 2.16. The fourth-order valence-corrected chi connectivity index (χ4v) is 3.11. The number of nitrogens with zero attached hydrogens (tertiary/aromatic N) is 4. The van der Waals surface area contributed by atoms with Crippen LogP contribution in [0.4, 0.5) is 5.82 Å². The summed E-state index contributed by atoms with van der Waals surface area (Å²) in [6, 6.07) is 9.41. The zero-order valence-corrected chi connectivity index (χ0v) is 16.5. The minimum absolute atomic E-state index is 0.519. The molecule has 0 amide bonds. The van der Waals surface area contributed by atoms with Crippen molar-refractivity contribution in [2.75, 3.05) is 18.5 Å². The molecular formula is C20H20Cl2N4. The molecule has 0 aliphatic carbocycles. The molecule has 0 spiro atoms. The molecule has 0 saturated heterocycles. The van der Waals surface area contributed by atoms with Gasteiger partial charge in [-0.15, -0.1) is 0 Å². The van der Waals surface area contributed by atoms with Crippen molar-refractivity contribution in [2.45, 2.75) is 13.8 Å². The summed E-state index contributed by atoms with van der Waals surface area (Å²) in [5.41, 5.74) is 3.23. The fraction of sp³-hybridized carbons (Fsp3) is 0.250. The van der Waals surface area contributed by atoms with Crippen molar-refractivity contribution in [3.63, 3.8) is 0 Å². The third kappa shape index (κ3) is 4.14. The molecule has 4 nitrogen and oxygen atoms in total. The van der Waals surface area contributed by atoms with E-state index in [1.54, 1.807) is 18.6 Å². The van der Waals surface area contributed by atoms with Crippen LogP contribution in [0, 0.1) is 5.92 Å². The van der Waals surface area contributed by atoms with E-state index in [2.05, 4.69) is 23.7 Å². The van der Waals surface area contributed by atoms with Gasteiger partial charge in [0, 0.05) is 42.1 Å². The van der Waals surface area contributed by atoms with Gasteiger partial charge in [-0.3, -0.25) is 9.97 Å². The molecule has 0 saturated carbocycles. The Labute approximate surface area is 163 Å². The van der Waals surface area contributed by atoms with Gasteiger partial charge in [0.1, 0.15) is 11.5 Å². The molecule has 0 unspecified atom stereocenters. The molecule has 0 aliphatic heterocycles. The lowest BCUT2D eigenvalue weighted by Crippen LogP contribution is -2.23. The van der Waals surface area contributed by atoms with Gasteiger partial charge in [0.15, 0.2) is 0 Å². The van der Waals surface area contributed by atoms with Crippen LogP contribution in [-0.2, 0) is 0 Å². The predicted molar refractivity (Wildman–Crippen MR) is 109 cm³/mol. The molecule has 0 bridgehead atoms. The zero-order chi connectivity index (χ0) is 18.7. The van der Waals surface area contributed by atoms with Gasteiger partial charge in [-0.1, -0.05) is 49.2 Å². The van der Waals surface area contributed by atoms with E-state index < -0.39 is 0 Å². The SMILES string of the molecule is CC(C)CN(C)c1cnc(-c2ccc(Cl)cc2)c(-c2ccncc2Cl)n1. The van der Waals surface area contributed by atoms with Crippen LogP contribution in [0.1, 0.15) is 13.8 Å². The third-order valence-electron chi connectivity index (χ3n) is 3.94. The van der Waals surface area contributed by atoms with Crippen LogP contribution < -0.4 is 4.90 Å². The summed E-state index contributed by atoms with van der Waals surface area (Å²) in [7, 11) is 2.02. The van der Waals surface area contributed by atoms with Crippen molar-refractivity contribution < 1.29 is 0 Å². The van der Waals surface area contributed by atoms with E-state index in [0.717, 1.165) is 34.9 Å². The van der Waals surface area contributed by atoms with Gasteiger partial charge in [0.05, 0.1) is 16.9 Å². The molecule has 3 rings (SSSR count). The van der Waals surface area contributed by atoms with Gasteiger partial charge in [-0.25, -0.2) is 4.98 Å². The smallest absolute Gasteiger partial charge is 0.147 e. The van der Waals surface area contributed by atoms with Crippen molar-refractivity contribution in [1.29, 1.82) is 0 Å². The maximum Gasteiger partial charge on any atom is 0.147 e. The number of halogens is 2. The van der Waals surface area contributed by atoms with Gasteiger partial charge in [-0.2, -0.15) is 0 Å². The Morgan fingerprint density at radius 1 is 1.00 bits per heavy atom.